The third-order valence-corrected chi connectivity index (χ3v) is 4.51. The molecular formula is C21H22F2N2O4. The first-order valence-corrected chi connectivity index (χ1v) is 9.27. The molecule has 1 aliphatic rings. The van der Waals surface area contributed by atoms with E-state index in [1.165, 1.54) is 13.2 Å². The van der Waals surface area contributed by atoms with Gasteiger partial charge in [-0.05, 0) is 61.2 Å². The second-order valence-electron chi connectivity index (χ2n) is 6.71. The molecule has 0 radical (unpaired) electrons. The summed E-state index contributed by atoms with van der Waals surface area (Å²) in [7, 11) is 1.37. The molecule has 2 N–H and O–H groups in total. The van der Waals surface area contributed by atoms with Gasteiger partial charge in [0, 0.05) is 23.7 Å². The van der Waals surface area contributed by atoms with Crippen LogP contribution in [-0.4, -0.2) is 32.1 Å². The maximum Gasteiger partial charge on any atom is 0.387 e. The van der Waals surface area contributed by atoms with E-state index in [1.54, 1.807) is 36.4 Å². The minimum Gasteiger partial charge on any atom is -0.493 e. The highest BCUT2D eigenvalue weighted by Gasteiger charge is 2.29. The van der Waals surface area contributed by atoms with Crippen molar-refractivity contribution < 1.29 is 27.8 Å². The molecule has 29 heavy (non-hydrogen) atoms. The van der Waals surface area contributed by atoms with Crippen LogP contribution in [0.4, 0.5) is 14.5 Å². The van der Waals surface area contributed by atoms with Crippen molar-refractivity contribution in [2.24, 2.45) is 5.92 Å². The minimum absolute atomic E-state index is 0.0110. The summed E-state index contributed by atoms with van der Waals surface area (Å²) in [6, 6.07) is 11.4. The van der Waals surface area contributed by atoms with E-state index < -0.39 is 6.61 Å². The molecule has 8 heteroatoms. The van der Waals surface area contributed by atoms with E-state index >= 15 is 0 Å². The summed E-state index contributed by atoms with van der Waals surface area (Å²) in [6.45, 7) is -2.63. The Balaban J connectivity index is 1.50. The van der Waals surface area contributed by atoms with Crippen LogP contribution >= 0.6 is 0 Å². The molecule has 1 aliphatic carbocycles. The zero-order valence-corrected chi connectivity index (χ0v) is 15.9. The van der Waals surface area contributed by atoms with Gasteiger partial charge < -0.3 is 20.1 Å². The van der Waals surface area contributed by atoms with Gasteiger partial charge in [-0.15, -0.1) is 0 Å². The van der Waals surface area contributed by atoms with Crippen LogP contribution in [0.2, 0.25) is 0 Å². The lowest BCUT2D eigenvalue weighted by molar-refractivity contribution is -0.117. The van der Waals surface area contributed by atoms with Gasteiger partial charge in [-0.1, -0.05) is 6.07 Å². The van der Waals surface area contributed by atoms with Crippen molar-refractivity contribution in [3.63, 3.8) is 0 Å². The summed E-state index contributed by atoms with van der Waals surface area (Å²) in [4.78, 5) is 24.0. The van der Waals surface area contributed by atoms with Crippen LogP contribution in [0.3, 0.4) is 0 Å². The number of ether oxygens (including phenoxy) is 2. The predicted octanol–water partition coefficient (Wildman–Crippen LogP) is 3.62. The highest BCUT2D eigenvalue weighted by molar-refractivity contribution is 5.96. The Morgan fingerprint density at radius 3 is 2.45 bits per heavy atom. The van der Waals surface area contributed by atoms with Crippen molar-refractivity contribution in [1.29, 1.82) is 0 Å². The Kier molecular flexibility index (Phi) is 6.64. The van der Waals surface area contributed by atoms with Gasteiger partial charge in [0.05, 0.1) is 7.11 Å². The smallest absolute Gasteiger partial charge is 0.387 e. The van der Waals surface area contributed by atoms with Crippen molar-refractivity contribution >= 4 is 17.5 Å². The largest absolute Gasteiger partial charge is 0.493 e. The van der Waals surface area contributed by atoms with Crippen LogP contribution in [-0.2, 0) is 11.2 Å². The lowest BCUT2D eigenvalue weighted by atomic mass is 10.1. The van der Waals surface area contributed by atoms with Gasteiger partial charge in [-0.3, -0.25) is 9.59 Å². The fourth-order valence-electron chi connectivity index (χ4n) is 2.78. The van der Waals surface area contributed by atoms with Gasteiger partial charge in [0.2, 0.25) is 5.91 Å². The van der Waals surface area contributed by atoms with Crippen LogP contribution in [0.25, 0.3) is 0 Å². The maximum absolute atomic E-state index is 12.5. The number of methoxy groups -OCH3 is 1. The third kappa shape index (κ3) is 5.91. The Bertz CT molecular complexity index is 867. The molecule has 0 bridgehead atoms. The van der Waals surface area contributed by atoms with Crippen LogP contribution in [0, 0.1) is 5.92 Å². The van der Waals surface area contributed by atoms with E-state index in [2.05, 4.69) is 15.4 Å². The molecule has 2 amide bonds. The lowest BCUT2D eigenvalue weighted by Crippen LogP contribution is -2.25. The van der Waals surface area contributed by atoms with E-state index in [0.29, 0.717) is 24.2 Å². The summed E-state index contributed by atoms with van der Waals surface area (Å²) in [5.41, 5.74) is 1.84. The summed E-state index contributed by atoms with van der Waals surface area (Å²) < 4.78 is 34.4. The first-order valence-electron chi connectivity index (χ1n) is 9.27. The topological polar surface area (TPSA) is 76.7 Å². The molecule has 154 valence electrons. The first-order chi connectivity index (χ1) is 14.0. The van der Waals surface area contributed by atoms with E-state index in [4.69, 9.17) is 4.74 Å². The lowest BCUT2D eigenvalue weighted by Gasteiger charge is -2.12. The summed E-state index contributed by atoms with van der Waals surface area (Å²) in [5, 5.41) is 5.59. The summed E-state index contributed by atoms with van der Waals surface area (Å²) >= 11 is 0. The van der Waals surface area contributed by atoms with Gasteiger partial charge in [0.1, 0.15) is 0 Å². The third-order valence-electron chi connectivity index (χ3n) is 4.51. The quantitative estimate of drug-likeness (QED) is 0.669. The minimum atomic E-state index is -2.95. The fraction of sp³-hybridized carbons (Fsp3) is 0.333. The van der Waals surface area contributed by atoms with Gasteiger partial charge in [-0.25, -0.2) is 0 Å². The molecule has 0 aromatic heterocycles. The number of amides is 2. The fourth-order valence-corrected chi connectivity index (χ4v) is 2.78. The molecule has 2 aromatic carbocycles. The molecule has 0 spiro atoms. The number of alkyl halides is 2. The van der Waals surface area contributed by atoms with Gasteiger partial charge >= 0.3 is 6.61 Å². The Morgan fingerprint density at radius 2 is 1.83 bits per heavy atom. The van der Waals surface area contributed by atoms with Crippen LogP contribution in [0.5, 0.6) is 11.5 Å². The molecule has 0 unspecified atom stereocenters. The number of nitrogens with one attached hydrogen (secondary N) is 2. The second kappa shape index (κ2) is 9.36. The van der Waals surface area contributed by atoms with Crippen molar-refractivity contribution in [3.05, 3.63) is 53.6 Å². The Morgan fingerprint density at radius 1 is 1.10 bits per heavy atom. The summed E-state index contributed by atoms with van der Waals surface area (Å²) in [6.07, 6.45) is 2.29. The van der Waals surface area contributed by atoms with E-state index in [0.717, 1.165) is 18.4 Å². The van der Waals surface area contributed by atoms with Crippen LogP contribution in [0.1, 0.15) is 28.8 Å². The van der Waals surface area contributed by atoms with E-state index in [1.807, 2.05) is 0 Å². The Labute approximate surface area is 167 Å². The van der Waals surface area contributed by atoms with Gasteiger partial charge in [0.25, 0.3) is 5.91 Å². The monoisotopic (exact) mass is 404 g/mol. The number of hydrogen-bond acceptors (Lipinski definition) is 4. The predicted molar refractivity (Wildman–Crippen MR) is 103 cm³/mol. The summed E-state index contributed by atoms with van der Waals surface area (Å²) in [5.74, 6) is 0.0316. The van der Waals surface area contributed by atoms with Crippen molar-refractivity contribution in [2.45, 2.75) is 25.9 Å². The van der Waals surface area contributed by atoms with Gasteiger partial charge in [-0.2, -0.15) is 8.78 Å². The number of rotatable bonds is 9. The average Bonchev–Trinajstić information content (AvgIpc) is 3.53. The number of halogens is 2. The van der Waals surface area contributed by atoms with Crippen molar-refractivity contribution in [3.8, 4) is 11.5 Å². The number of benzene rings is 2. The van der Waals surface area contributed by atoms with Crippen molar-refractivity contribution in [2.75, 3.05) is 19.0 Å². The molecular weight excluding hydrogens is 382 g/mol. The molecule has 0 saturated heterocycles. The molecule has 3 rings (SSSR count). The maximum atomic E-state index is 12.5. The number of hydrogen-bond donors (Lipinski definition) is 2. The number of carbonyl (C=O) groups excluding carboxylic acids is 2. The molecule has 1 saturated carbocycles. The van der Waals surface area contributed by atoms with Crippen molar-refractivity contribution in [1.82, 2.24) is 5.32 Å². The second-order valence-corrected chi connectivity index (χ2v) is 6.71. The Hall–Kier alpha value is -3.16. The zero-order chi connectivity index (χ0) is 20.8. The van der Waals surface area contributed by atoms with Gasteiger partial charge in [0.15, 0.2) is 11.5 Å². The molecule has 1 fully saturated rings. The highest BCUT2D eigenvalue weighted by Crippen LogP contribution is 2.30. The van der Waals surface area contributed by atoms with Crippen LogP contribution in [0.15, 0.2) is 42.5 Å². The zero-order valence-electron chi connectivity index (χ0n) is 15.9. The molecule has 0 atom stereocenters. The first kappa shape index (κ1) is 20.6. The van der Waals surface area contributed by atoms with E-state index in [-0.39, 0.29) is 29.2 Å². The molecule has 6 nitrogen and oxygen atoms in total. The van der Waals surface area contributed by atoms with Crippen LogP contribution < -0.4 is 20.1 Å². The standard InChI is InChI=1S/C21H22F2N2O4/c1-28-17-9-2-13(12-18(17)29-21(22)23)10-11-24-19(26)14-5-7-16(8-6-14)25-20(27)15-3-4-15/h2,5-9,12,15,21H,3-4,10-11H2,1H3,(H,24,26)(H,25,27). The highest BCUT2D eigenvalue weighted by atomic mass is 19.3. The molecule has 0 heterocycles. The number of carbonyl (C=O) groups is 2. The average molecular weight is 404 g/mol. The number of anilines is 1. The molecule has 0 aliphatic heterocycles. The SMILES string of the molecule is COc1ccc(CCNC(=O)c2ccc(NC(=O)C3CC3)cc2)cc1OC(F)F. The van der Waals surface area contributed by atoms with E-state index in [9.17, 15) is 18.4 Å². The molecule has 2 aromatic rings. The normalized spacial score (nSPS) is 13.1.